The van der Waals surface area contributed by atoms with Crippen molar-refractivity contribution in [1.82, 2.24) is 4.57 Å². The lowest BCUT2D eigenvalue weighted by Crippen LogP contribution is -2.39. The topological polar surface area (TPSA) is 55.1 Å². The van der Waals surface area contributed by atoms with E-state index in [-0.39, 0.29) is 0 Å². The number of nitrogens with two attached hydrogens (primary N) is 1. The highest BCUT2D eigenvalue weighted by atomic mass is 16.3. The Morgan fingerprint density at radius 2 is 1.91 bits per heavy atom. The molecule has 2 aromatic carbocycles. The van der Waals surface area contributed by atoms with Gasteiger partial charge in [-0.15, -0.1) is 0 Å². The van der Waals surface area contributed by atoms with E-state index >= 15 is 0 Å². The van der Waals surface area contributed by atoms with E-state index in [1.165, 1.54) is 5.56 Å². The van der Waals surface area contributed by atoms with Gasteiger partial charge in [0.25, 0.3) is 0 Å². The molecule has 0 saturated carbocycles. The van der Waals surface area contributed by atoms with Crippen LogP contribution in [-0.2, 0) is 13.1 Å². The number of fused-ring (bicyclic) bond motifs is 1. The first-order valence-corrected chi connectivity index (χ1v) is 7.74. The molecule has 0 amide bonds. The van der Waals surface area contributed by atoms with Crippen LogP contribution in [0.3, 0.4) is 0 Å². The van der Waals surface area contributed by atoms with Gasteiger partial charge in [0, 0.05) is 0 Å². The Kier molecular flexibility index (Phi) is 4.17. The monoisotopic (exact) mass is 308 g/mol. The number of hydrogen-bond acceptors (Lipinski definition) is 2. The molecule has 1 atom stereocenters. The second-order valence-electron chi connectivity index (χ2n) is 5.78. The third-order valence-corrected chi connectivity index (χ3v) is 4.15. The Morgan fingerprint density at radius 1 is 1.22 bits per heavy atom. The molecule has 3 aromatic rings. The molecule has 118 valence electrons. The van der Waals surface area contributed by atoms with Crippen molar-refractivity contribution in [3.05, 3.63) is 72.3 Å². The summed E-state index contributed by atoms with van der Waals surface area (Å²) in [4.78, 5) is 0. The predicted octanol–water partition coefficient (Wildman–Crippen LogP) is 2.74. The summed E-state index contributed by atoms with van der Waals surface area (Å²) in [6.07, 6.45) is 1.22. The summed E-state index contributed by atoms with van der Waals surface area (Å²) in [6.45, 7) is 6.88. The highest BCUT2D eigenvalue weighted by Crippen LogP contribution is 2.19. The SMILES string of the molecule is C=CCn1c(N)[n+](C[C@@H](O)c2ccc(C)cc2)c2ccccc21. The number of allylic oxidation sites excluding steroid dienone is 1. The summed E-state index contributed by atoms with van der Waals surface area (Å²) in [6, 6.07) is 16.0. The third kappa shape index (κ3) is 2.85. The number of anilines is 1. The maximum atomic E-state index is 10.6. The Balaban J connectivity index is 2.01. The molecule has 23 heavy (non-hydrogen) atoms. The van der Waals surface area contributed by atoms with Crippen LogP contribution in [0.25, 0.3) is 11.0 Å². The van der Waals surface area contributed by atoms with Crippen LogP contribution in [0.15, 0.2) is 61.2 Å². The van der Waals surface area contributed by atoms with Gasteiger partial charge in [-0.1, -0.05) is 54.6 Å². The van der Waals surface area contributed by atoms with Crippen molar-refractivity contribution >= 4 is 17.0 Å². The molecular formula is C19H22N3O+. The highest BCUT2D eigenvalue weighted by molar-refractivity contribution is 5.73. The van der Waals surface area contributed by atoms with E-state index in [1.807, 2.05) is 70.7 Å². The molecule has 4 nitrogen and oxygen atoms in total. The molecular weight excluding hydrogens is 286 g/mol. The van der Waals surface area contributed by atoms with Crippen LogP contribution in [0, 0.1) is 6.92 Å². The molecule has 0 spiro atoms. The van der Waals surface area contributed by atoms with Gasteiger partial charge < -0.3 is 5.11 Å². The van der Waals surface area contributed by atoms with Crippen LogP contribution in [0.2, 0.25) is 0 Å². The van der Waals surface area contributed by atoms with Gasteiger partial charge in [-0.2, -0.15) is 0 Å². The molecule has 0 aliphatic rings. The number of aryl methyl sites for hydroxylation is 1. The van der Waals surface area contributed by atoms with E-state index in [9.17, 15) is 5.11 Å². The number of nitrogens with zero attached hydrogens (tertiary/aromatic N) is 2. The number of hydrogen-bond donors (Lipinski definition) is 2. The number of aliphatic hydroxyl groups excluding tert-OH is 1. The van der Waals surface area contributed by atoms with Gasteiger partial charge in [-0.3, -0.25) is 5.73 Å². The fourth-order valence-electron chi connectivity index (χ4n) is 2.89. The number of benzene rings is 2. The average Bonchev–Trinajstić information content (AvgIpc) is 2.82. The van der Waals surface area contributed by atoms with Gasteiger partial charge in [-0.05, 0) is 24.6 Å². The van der Waals surface area contributed by atoms with Gasteiger partial charge >= 0.3 is 5.95 Å². The van der Waals surface area contributed by atoms with Crippen molar-refractivity contribution in [3.63, 3.8) is 0 Å². The Hall–Kier alpha value is -2.59. The Labute approximate surface area is 136 Å². The fourth-order valence-corrected chi connectivity index (χ4v) is 2.89. The lowest BCUT2D eigenvalue weighted by molar-refractivity contribution is -0.666. The minimum atomic E-state index is -0.606. The van der Waals surface area contributed by atoms with Crippen molar-refractivity contribution < 1.29 is 9.67 Å². The van der Waals surface area contributed by atoms with Gasteiger partial charge in [0.05, 0.1) is 6.54 Å². The number of para-hydroxylation sites is 2. The molecule has 0 aliphatic carbocycles. The summed E-state index contributed by atoms with van der Waals surface area (Å²) >= 11 is 0. The van der Waals surface area contributed by atoms with Crippen LogP contribution in [0.1, 0.15) is 17.2 Å². The summed E-state index contributed by atoms with van der Waals surface area (Å²) in [7, 11) is 0. The van der Waals surface area contributed by atoms with Crippen molar-refractivity contribution in [1.29, 1.82) is 0 Å². The number of aromatic nitrogens is 2. The Morgan fingerprint density at radius 3 is 2.61 bits per heavy atom. The standard InChI is InChI=1S/C19H21N3O/c1-3-12-21-16-6-4-5-7-17(16)22(19(21)20)13-18(23)15-10-8-14(2)9-11-15/h3-11,18,20,23H,1,12-13H2,2H3/p+1/t18-/m1/s1. The maximum Gasteiger partial charge on any atom is 0.356 e. The number of imidazole rings is 1. The fraction of sp³-hybridized carbons (Fsp3) is 0.211. The van der Waals surface area contributed by atoms with Crippen molar-refractivity contribution in [3.8, 4) is 0 Å². The molecule has 0 unspecified atom stereocenters. The quantitative estimate of drug-likeness (QED) is 0.562. The molecule has 4 heteroatoms. The smallest absolute Gasteiger partial charge is 0.356 e. The number of aliphatic hydroxyl groups is 1. The van der Waals surface area contributed by atoms with Crippen LogP contribution in [0.4, 0.5) is 5.95 Å². The van der Waals surface area contributed by atoms with Gasteiger partial charge in [0.2, 0.25) is 0 Å². The second-order valence-corrected chi connectivity index (χ2v) is 5.78. The molecule has 0 radical (unpaired) electrons. The zero-order chi connectivity index (χ0) is 16.4. The van der Waals surface area contributed by atoms with E-state index in [4.69, 9.17) is 5.73 Å². The number of nitrogen functional groups attached to an aromatic ring is 1. The molecule has 0 bridgehead atoms. The molecule has 0 saturated heterocycles. The van der Waals surface area contributed by atoms with Crippen LogP contribution >= 0.6 is 0 Å². The second kappa shape index (κ2) is 6.26. The first-order chi connectivity index (χ1) is 11.1. The van der Waals surface area contributed by atoms with E-state index < -0.39 is 6.10 Å². The van der Waals surface area contributed by atoms with Crippen molar-refractivity contribution in [2.24, 2.45) is 0 Å². The highest BCUT2D eigenvalue weighted by Gasteiger charge is 2.22. The lowest BCUT2D eigenvalue weighted by Gasteiger charge is -2.11. The number of rotatable bonds is 5. The summed E-state index contributed by atoms with van der Waals surface area (Å²) in [5, 5.41) is 10.6. The first kappa shape index (κ1) is 15.3. The minimum absolute atomic E-state index is 0.416. The van der Waals surface area contributed by atoms with Gasteiger partial charge in [0.15, 0.2) is 0 Å². The molecule has 1 aromatic heterocycles. The largest absolute Gasteiger partial charge is 0.385 e. The molecule has 3 rings (SSSR count). The normalized spacial score (nSPS) is 12.4. The maximum absolute atomic E-state index is 10.6. The zero-order valence-corrected chi connectivity index (χ0v) is 13.3. The molecule has 0 aliphatic heterocycles. The van der Waals surface area contributed by atoms with E-state index in [2.05, 4.69) is 6.58 Å². The van der Waals surface area contributed by atoms with Crippen molar-refractivity contribution in [2.75, 3.05) is 5.73 Å². The van der Waals surface area contributed by atoms with Crippen LogP contribution in [-0.4, -0.2) is 9.67 Å². The van der Waals surface area contributed by atoms with Crippen molar-refractivity contribution in [2.45, 2.75) is 26.1 Å². The van der Waals surface area contributed by atoms with E-state index in [0.29, 0.717) is 19.0 Å². The zero-order valence-electron chi connectivity index (χ0n) is 13.3. The average molecular weight is 308 g/mol. The minimum Gasteiger partial charge on any atom is -0.385 e. The van der Waals surface area contributed by atoms with Gasteiger partial charge in [0.1, 0.15) is 23.7 Å². The van der Waals surface area contributed by atoms with Crippen LogP contribution in [0.5, 0.6) is 0 Å². The predicted molar refractivity (Wildman–Crippen MR) is 92.9 cm³/mol. The van der Waals surface area contributed by atoms with Gasteiger partial charge in [-0.25, -0.2) is 9.13 Å². The van der Waals surface area contributed by atoms with Crippen LogP contribution < -0.4 is 10.3 Å². The first-order valence-electron chi connectivity index (χ1n) is 7.74. The molecule has 1 heterocycles. The molecule has 3 N–H and O–H groups in total. The summed E-state index contributed by atoms with van der Waals surface area (Å²) < 4.78 is 3.97. The summed E-state index contributed by atoms with van der Waals surface area (Å²) in [5.74, 6) is 0.622. The van der Waals surface area contributed by atoms with E-state index in [0.717, 1.165) is 16.6 Å². The summed E-state index contributed by atoms with van der Waals surface area (Å²) in [5.41, 5.74) is 10.4. The Bertz CT molecular complexity index is 834. The third-order valence-electron chi connectivity index (χ3n) is 4.15. The lowest BCUT2D eigenvalue weighted by atomic mass is 10.1. The van der Waals surface area contributed by atoms with E-state index in [1.54, 1.807) is 0 Å². The molecule has 0 fully saturated rings.